The number of carbonyl (C=O) groups excluding carboxylic acids is 2. The van der Waals surface area contributed by atoms with Crippen molar-refractivity contribution in [3.05, 3.63) is 58.6 Å². The first-order valence-corrected chi connectivity index (χ1v) is 10.3. The molecule has 2 rings (SSSR count). The summed E-state index contributed by atoms with van der Waals surface area (Å²) >= 11 is 5.78. The summed E-state index contributed by atoms with van der Waals surface area (Å²) in [7, 11) is -3.78. The predicted molar refractivity (Wildman–Crippen MR) is 107 cm³/mol. The van der Waals surface area contributed by atoms with Crippen molar-refractivity contribution in [1.29, 1.82) is 0 Å². The number of esters is 1. The van der Waals surface area contributed by atoms with Gasteiger partial charge < -0.3 is 10.1 Å². The summed E-state index contributed by atoms with van der Waals surface area (Å²) in [6.07, 6.45) is -0.212. The monoisotopic (exact) mass is 424 g/mol. The highest BCUT2D eigenvalue weighted by molar-refractivity contribution is 7.89. The lowest BCUT2D eigenvalue weighted by Crippen LogP contribution is -2.28. The lowest BCUT2D eigenvalue weighted by molar-refractivity contribution is -0.147. The van der Waals surface area contributed by atoms with E-state index >= 15 is 0 Å². The molecule has 0 saturated heterocycles. The van der Waals surface area contributed by atoms with Crippen molar-refractivity contribution >= 4 is 39.2 Å². The van der Waals surface area contributed by atoms with Crippen molar-refractivity contribution < 1.29 is 22.7 Å². The van der Waals surface area contributed by atoms with Gasteiger partial charge in [-0.25, -0.2) is 13.1 Å². The number of rotatable bonds is 8. The molecule has 0 aromatic heterocycles. The van der Waals surface area contributed by atoms with Crippen molar-refractivity contribution in [3.8, 4) is 0 Å². The lowest BCUT2D eigenvalue weighted by atomic mass is 10.1. The number of ether oxygens (including phenoxy) is 1. The molecule has 0 bridgehead atoms. The zero-order chi connectivity index (χ0) is 20.7. The van der Waals surface area contributed by atoms with Crippen LogP contribution in [-0.2, 0) is 24.3 Å². The second-order valence-corrected chi connectivity index (χ2v) is 8.26. The maximum atomic E-state index is 12.1. The molecule has 0 atom stereocenters. The van der Waals surface area contributed by atoms with Crippen LogP contribution in [-0.4, -0.2) is 33.4 Å². The largest absolute Gasteiger partial charge is 0.456 e. The topological polar surface area (TPSA) is 102 Å². The minimum atomic E-state index is -3.78. The fraction of sp³-hybridized carbons (Fsp3) is 0.263. The number of benzene rings is 2. The molecular formula is C19H21ClN2O5S. The molecule has 0 radical (unpaired) electrons. The summed E-state index contributed by atoms with van der Waals surface area (Å²) < 4.78 is 31.4. The van der Waals surface area contributed by atoms with Crippen LogP contribution in [0.15, 0.2) is 47.4 Å². The number of nitrogens with one attached hydrogen (secondary N) is 2. The molecule has 0 saturated carbocycles. The SMILES string of the molecule is Cc1cccc(NC(=O)COC(=O)CCNS(=O)(=O)c2cccc(Cl)c2)c1C. The first kappa shape index (κ1) is 21.9. The van der Waals surface area contributed by atoms with Crippen LogP contribution in [0.5, 0.6) is 0 Å². The number of hydrogen-bond donors (Lipinski definition) is 2. The minimum Gasteiger partial charge on any atom is -0.456 e. The molecular weight excluding hydrogens is 404 g/mol. The van der Waals surface area contributed by atoms with Gasteiger partial charge in [0.1, 0.15) is 0 Å². The Morgan fingerprint density at radius 2 is 1.82 bits per heavy atom. The van der Waals surface area contributed by atoms with E-state index in [4.69, 9.17) is 16.3 Å². The molecule has 2 aromatic carbocycles. The third-order valence-electron chi connectivity index (χ3n) is 3.97. The number of halogens is 1. The molecule has 28 heavy (non-hydrogen) atoms. The average Bonchev–Trinajstić information content (AvgIpc) is 2.64. The molecule has 9 heteroatoms. The summed E-state index contributed by atoms with van der Waals surface area (Å²) in [5.74, 6) is -1.16. The van der Waals surface area contributed by atoms with Crippen LogP contribution in [0.3, 0.4) is 0 Å². The number of sulfonamides is 1. The van der Waals surface area contributed by atoms with Crippen LogP contribution >= 0.6 is 11.6 Å². The number of aryl methyl sites for hydroxylation is 1. The highest BCUT2D eigenvalue weighted by Crippen LogP contribution is 2.18. The second-order valence-electron chi connectivity index (χ2n) is 6.06. The number of carbonyl (C=O) groups is 2. The Hall–Kier alpha value is -2.42. The predicted octanol–water partition coefficient (Wildman–Crippen LogP) is 2.81. The highest BCUT2D eigenvalue weighted by Gasteiger charge is 2.15. The Bertz CT molecular complexity index is 976. The Morgan fingerprint density at radius 3 is 2.54 bits per heavy atom. The Balaban J connectivity index is 1.77. The summed E-state index contributed by atoms with van der Waals surface area (Å²) in [6, 6.07) is 11.3. The highest BCUT2D eigenvalue weighted by atomic mass is 35.5. The van der Waals surface area contributed by atoms with Crippen LogP contribution in [0.4, 0.5) is 5.69 Å². The summed E-state index contributed by atoms with van der Waals surface area (Å²) in [4.78, 5) is 23.7. The maximum Gasteiger partial charge on any atom is 0.307 e. The van der Waals surface area contributed by atoms with Crippen molar-refractivity contribution in [2.24, 2.45) is 0 Å². The molecule has 2 N–H and O–H groups in total. The Labute approximate surface area is 169 Å². The van der Waals surface area contributed by atoms with E-state index in [-0.39, 0.29) is 22.9 Å². The quantitative estimate of drug-likeness (QED) is 0.634. The van der Waals surface area contributed by atoms with Gasteiger partial charge in [-0.15, -0.1) is 0 Å². The summed E-state index contributed by atoms with van der Waals surface area (Å²) in [6.45, 7) is 3.19. The molecule has 7 nitrogen and oxygen atoms in total. The molecule has 0 heterocycles. The van der Waals surface area contributed by atoms with Gasteiger partial charge in [0.05, 0.1) is 11.3 Å². The van der Waals surface area contributed by atoms with Gasteiger partial charge in [0.2, 0.25) is 10.0 Å². The van der Waals surface area contributed by atoms with E-state index in [2.05, 4.69) is 10.0 Å². The second kappa shape index (κ2) is 9.68. The van der Waals surface area contributed by atoms with Gasteiger partial charge in [0.15, 0.2) is 6.61 Å². The van der Waals surface area contributed by atoms with Crippen LogP contribution < -0.4 is 10.0 Å². The van der Waals surface area contributed by atoms with Crippen LogP contribution in [0.1, 0.15) is 17.5 Å². The van der Waals surface area contributed by atoms with Crippen molar-refractivity contribution in [1.82, 2.24) is 4.72 Å². The van der Waals surface area contributed by atoms with Crippen molar-refractivity contribution in [2.75, 3.05) is 18.5 Å². The van der Waals surface area contributed by atoms with Crippen LogP contribution in [0.25, 0.3) is 0 Å². The first-order chi connectivity index (χ1) is 13.2. The molecule has 0 aliphatic carbocycles. The van der Waals surface area contributed by atoms with E-state index in [0.717, 1.165) is 11.1 Å². The van der Waals surface area contributed by atoms with Crippen LogP contribution in [0, 0.1) is 13.8 Å². The molecule has 2 aromatic rings. The molecule has 150 valence electrons. The van der Waals surface area contributed by atoms with E-state index in [0.29, 0.717) is 5.69 Å². The van der Waals surface area contributed by atoms with Gasteiger partial charge in [-0.05, 0) is 49.2 Å². The standard InChI is InChI=1S/C19H21ClN2O5S/c1-13-5-3-8-17(14(13)2)22-18(23)12-27-19(24)9-10-21-28(25,26)16-7-4-6-15(20)11-16/h3-8,11,21H,9-10,12H2,1-2H3,(H,22,23). The smallest absolute Gasteiger partial charge is 0.307 e. The Kier molecular flexibility index (Phi) is 7.56. The molecule has 0 spiro atoms. The minimum absolute atomic E-state index is 0.00118. The third kappa shape index (κ3) is 6.33. The van der Waals surface area contributed by atoms with Gasteiger partial charge in [-0.2, -0.15) is 0 Å². The van der Waals surface area contributed by atoms with Gasteiger partial charge in [0.25, 0.3) is 5.91 Å². The maximum absolute atomic E-state index is 12.1. The van der Waals surface area contributed by atoms with Crippen LogP contribution in [0.2, 0.25) is 5.02 Å². The molecule has 0 unspecified atom stereocenters. The Morgan fingerprint density at radius 1 is 1.11 bits per heavy atom. The van der Waals surface area contributed by atoms with Gasteiger partial charge in [0, 0.05) is 17.3 Å². The fourth-order valence-corrected chi connectivity index (χ4v) is 3.63. The normalized spacial score (nSPS) is 11.1. The van der Waals surface area contributed by atoms with E-state index in [1.54, 1.807) is 12.1 Å². The summed E-state index contributed by atoms with van der Waals surface area (Å²) in [5, 5.41) is 2.96. The number of amides is 1. The third-order valence-corrected chi connectivity index (χ3v) is 5.66. The zero-order valence-corrected chi connectivity index (χ0v) is 17.1. The number of anilines is 1. The molecule has 0 fully saturated rings. The average molecular weight is 425 g/mol. The molecule has 1 amide bonds. The van der Waals surface area contributed by atoms with Gasteiger partial charge in [-0.3, -0.25) is 9.59 Å². The van der Waals surface area contributed by atoms with Gasteiger partial charge >= 0.3 is 5.97 Å². The van der Waals surface area contributed by atoms with E-state index in [1.165, 1.54) is 18.2 Å². The lowest BCUT2D eigenvalue weighted by Gasteiger charge is -2.11. The van der Waals surface area contributed by atoms with E-state index in [1.807, 2.05) is 26.0 Å². The van der Waals surface area contributed by atoms with E-state index < -0.39 is 28.5 Å². The molecule has 0 aliphatic rings. The van der Waals surface area contributed by atoms with Crippen molar-refractivity contribution in [3.63, 3.8) is 0 Å². The summed E-state index contributed by atoms with van der Waals surface area (Å²) in [5.41, 5.74) is 2.61. The number of hydrogen-bond acceptors (Lipinski definition) is 5. The van der Waals surface area contributed by atoms with Crippen molar-refractivity contribution in [2.45, 2.75) is 25.2 Å². The van der Waals surface area contributed by atoms with E-state index in [9.17, 15) is 18.0 Å². The fourth-order valence-electron chi connectivity index (χ4n) is 2.30. The molecule has 0 aliphatic heterocycles. The first-order valence-electron chi connectivity index (χ1n) is 8.46. The van der Waals surface area contributed by atoms with Gasteiger partial charge in [-0.1, -0.05) is 29.8 Å². The zero-order valence-electron chi connectivity index (χ0n) is 15.5.